The second-order valence-electron chi connectivity index (χ2n) is 9.56. The van der Waals surface area contributed by atoms with Crippen molar-refractivity contribution in [2.45, 2.75) is 12.8 Å². The fourth-order valence-corrected chi connectivity index (χ4v) is 4.72. The van der Waals surface area contributed by atoms with Crippen LogP contribution in [0.5, 0.6) is 11.5 Å². The first-order valence-corrected chi connectivity index (χ1v) is 12.8. The molecule has 0 radical (unpaired) electrons. The number of anilines is 3. The van der Waals surface area contributed by atoms with Gasteiger partial charge in [-0.25, -0.2) is 9.97 Å². The normalized spacial score (nSPS) is 15.6. The van der Waals surface area contributed by atoms with Crippen molar-refractivity contribution in [3.05, 3.63) is 60.9 Å². The molecule has 3 heterocycles. The number of rotatable bonds is 8. The largest absolute Gasteiger partial charge is 0.497 e. The average molecular weight is 498 g/mol. The number of fused-ring (bicyclic) bond motifs is 1. The number of benzene rings is 2. The molecule has 2 aliphatic rings. The van der Waals surface area contributed by atoms with Gasteiger partial charge in [-0.2, -0.15) is 0 Å². The lowest BCUT2D eigenvalue weighted by Gasteiger charge is -2.28. The molecule has 0 atom stereocenters. The van der Waals surface area contributed by atoms with Crippen LogP contribution in [0.15, 0.2) is 60.9 Å². The van der Waals surface area contributed by atoms with Crippen LogP contribution in [0.2, 0.25) is 0 Å². The molecular formula is C29H31N5O3. The predicted octanol–water partition coefficient (Wildman–Crippen LogP) is 5.09. The molecular weight excluding hydrogens is 466 g/mol. The van der Waals surface area contributed by atoms with E-state index < -0.39 is 0 Å². The molecule has 190 valence electrons. The van der Waals surface area contributed by atoms with Crippen LogP contribution in [0.3, 0.4) is 0 Å². The van der Waals surface area contributed by atoms with E-state index in [1.165, 1.54) is 12.8 Å². The number of nitrogens with zero attached hydrogens (tertiary/aromatic N) is 5. The van der Waals surface area contributed by atoms with Gasteiger partial charge in [-0.3, -0.25) is 4.98 Å². The van der Waals surface area contributed by atoms with Gasteiger partial charge < -0.3 is 24.0 Å². The van der Waals surface area contributed by atoms with Crippen LogP contribution in [-0.4, -0.2) is 62.0 Å². The number of ether oxygens (including phenoxy) is 3. The second-order valence-corrected chi connectivity index (χ2v) is 9.56. The lowest BCUT2D eigenvalue weighted by Crippen LogP contribution is -2.36. The average Bonchev–Trinajstić information content (AvgIpc) is 3.80. The summed E-state index contributed by atoms with van der Waals surface area (Å²) in [6.07, 6.45) is 6.19. The van der Waals surface area contributed by atoms with Crippen molar-refractivity contribution < 1.29 is 14.2 Å². The van der Waals surface area contributed by atoms with Crippen molar-refractivity contribution >= 4 is 28.2 Å². The molecule has 1 saturated carbocycles. The first kappa shape index (κ1) is 23.5. The van der Waals surface area contributed by atoms with Crippen molar-refractivity contribution in [2.24, 2.45) is 5.92 Å². The number of hydrogen-bond acceptors (Lipinski definition) is 8. The molecule has 8 nitrogen and oxygen atoms in total. The van der Waals surface area contributed by atoms with Crippen LogP contribution < -0.4 is 19.3 Å². The SMILES string of the molecule is COc1cc(OC)cc(N(CC2CC2)c2ccc3ncc(-c4ccnc(N5CCOCC5)c4)nc3c2)c1. The minimum absolute atomic E-state index is 0.681. The Bertz CT molecular complexity index is 1380. The molecule has 1 saturated heterocycles. The van der Waals surface area contributed by atoms with Gasteiger partial charge in [0.1, 0.15) is 17.3 Å². The van der Waals surface area contributed by atoms with Crippen molar-refractivity contribution in [2.75, 3.05) is 56.9 Å². The Hall–Kier alpha value is -3.91. The summed E-state index contributed by atoms with van der Waals surface area (Å²) in [6, 6.07) is 16.4. The summed E-state index contributed by atoms with van der Waals surface area (Å²) < 4.78 is 16.6. The van der Waals surface area contributed by atoms with Crippen LogP contribution in [0.4, 0.5) is 17.2 Å². The smallest absolute Gasteiger partial charge is 0.129 e. The van der Waals surface area contributed by atoms with Gasteiger partial charge in [0.2, 0.25) is 0 Å². The summed E-state index contributed by atoms with van der Waals surface area (Å²) in [6.45, 7) is 4.06. The number of pyridine rings is 1. The quantitative estimate of drug-likeness (QED) is 0.333. The van der Waals surface area contributed by atoms with Gasteiger partial charge in [0.25, 0.3) is 0 Å². The molecule has 1 aliphatic heterocycles. The van der Waals surface area contributed by atoms with Gasteiger partial charge >= 0.3 is 0 Å². The zero-order chi connectivity index (χ0) is 25.2. The predicted molar refractivity (Wildman–Crippen MR) is 145 cm³/mol. The molecule has 2 aromatic carbocycles. The van der Waals surface area contributed by atoms with E-state index in [9.17, 15) is 0 Å². The highest BCUT2D eigenvalue weighted by Gasteiger charge is 2.26. The lowest BCUT2D eigenvalue weighted by molar-refractivity contribution is 0.122. The van der Waals surface area contributed by atoms with E-state index in [0.29, 0.717) is 5.92 Å². The summed E-state index contributed by atoms with van der Waals surface area (Å²) >= 11 is 0. The van der Waals surface area contributed by atoms with E-state index in [2.05, 4.69) is 45.1 Å². The highest BCUT2D eigenvalue weighted by molar-refractivity contribution is 5.83. The highest BCUT2D eigenvalue weighted by Crippen LogP contribution is 2.38. The maximum absolute atomic E-state index is 5.55. The molecule has 2 aromatic heterocycles. The van der Waals surface area contributed by atoms with E-state index in [0.717, 1.165) is 83.8 Å². The van der Waals surface area contributed by atoms with Crippen LogP contribution >= 0.6 is 0 Å². The zero-order valence-corrected chi connectivity index (χ0v) is 21.3. The van der Waals surface area contributed by atoms with Crippen molar-refractivity contribution in [3.8, 4) is 22.8 Å². The Morgan fingerprint density at radius 2 is 1.68 bits per heavy atom. The number of morpholine rings is 1. The van der Waals surface area contributed by atoms with Gasteiger partial charge in [0, 0.05) is 61.0 Å². The van der Waals surface area contributed by atoms with Gasteiger partial charge in [-0.05, 0) is 49.1 Å². The van der Waals surface area contributed by atoms with E-state index in [1.807, 2.05) is 30.6 Å². The van der Waals surface area contributed by atoms with Crippen molar-refractivity contribution in [3.63, 3.8) is 0 Å². The summed E-state index contributed by atoms with van der Waals surface area (Å²) in [5.41, 5.74) is 5.67. The minimum Gasteiger partial charge on any atom is -0.497 e. The minimum atomic E-state index is 0.681. The summed E-state index contributed by atoms with van der Waals surface area (Å²) in [7, 11) is 3.36. The molecule has 1 aliphatic carbocycles. The molecule has 0 spiro atoms. The Balaban J connectivity index is 1.36. The molecule has 2 fully saturated rings. The van der Waals surface area contributed by atoms with Crippen LogP contribution in [-0.2, 0) is 4.74 Å². The Kier molecular flexibility index (Phi) is 6.49. The van der Waals surface area contributed by atoms with E-state index >= 15 is 0 Å². The molecule has 37 heavy (non-hydrogen) atoms. The fourth-order valence-electron chi connectivity index (χ4n) is 4.72. The molecule has 6 rings (SSSR count). The summed E-state index contributed by atoms with van der Waals surface area (Å²) in [5, 5.41) is 0. The number of aromatic nitrogens is 3. The van der Waals surface area contributed by atoms with E-state index in [-0.39, 0.29) is 0 Å². The molecule has 0 N–H and O–H groups in total. The fraction of sp³-hybridized carbons (Fsp3) is 0.345. The number of methoxy groups -OCH3 is 2. The third kappa shape index (κ3) is 5.15. The monoisotopic (exact) mass is 497 g/mol. The molecule has 0 bridgehead atoms. The second kappa shape index (κ2) is 10.2. The van der Waals surface area contributed by atoms with E-state index in [4.69, 9.17) is 24.2 Å². The molecule has 0 unspecified atom stereocenters. The standard InChI is InChI=1S/C29H31N5O3/c1-35-24-14-23(15-25(17-24)36-2)34(19-20-3-4-20)22-5-6-26-27(16-22)32-28(18-31-26)21-7-8-30-29(13-21)33-9-11-37-12-10-33/h5-8,13-18,20H,3-4,9-12,19H2,1-2H3. The van der Waals surface area contributed by atoms with Crippen molar-refractivity contribution in [1.29, 1.82) is 0 Å². The molecule has 4 aromatic rings. The molecule has 8 heteroatoms. The third-order valence-corrected chi connectivity index (χ3v) is 7.00. The highest BCUT2D eigenvalue weighted by atomic mass is 16.5. The topological polar surface area (TPSA) is 72.8 Å². The maximum atomic E-state index is 5.55. The van der Waals surface area contributed by atoms with Crippen molar-refractivity contribution in [1.82, 2.24) is 15.0 Å². The molecule has 0 amide bonds. The Labute approximate surface area is 216 Å². The first-order chi connectivity index (χ1) is 18.2. The number of hydrogen-bond donors (Lipinski definition) is 0. The Morgan fingerprint density at radius 1 is 0.892 bits per heavy atom. The first-order valence-electron chi connectivity index (χ1n) is 12.8. The van der Waals surface area contributed by atoms with E-state index in [1.54, 1.807) is 14.2 Å². The Morgan fingerprint density at radius 3 is 2.41 bits per heavy atom. The van der Waals surface area contributed by atoms with Gasteiger partial charge in [-0.1, -0.05) is 0 Å². The van der Waals surface area contributed by atoms with Gasteiger partial charge in [-0.15, -0.1) is 0 Å². The van der Waals surface area contributed by atoms with Gasteiger partial charge in [0.05, 0.1) is 50.4 Å². The third-order valence-electron chi connectivity index (χ3n) is 7.00. The van der Waals surface area contributed by atoms with Gasteiger partial charge in [0.15, 0.2) is 0 Å². The summed E-state index contributed by atoms with van der Waals surface area (Å²) in [4.78, 5) is 18.9. The lowest BCUT2D eigenvalue weighted by atomic mass is 10.1. The zero-order valence-electron chi connectivity index (χ0n) is 21.3. The van der Waals surface area contributed by atoms with Crippen LogP contribution in [0.1, 0.15) is 12.8 Å². The van der Waals surface area contributed by atoms with Crippen LogP contribution in [0.25, 0.3) is 22.3 Å². The maximum Gasteiger partial charge on any atom is 0.129 e. The summed E-state index contributed by atoms with van der Waals surface area (Å²) in [5.74, 6) is 3.17. The van der Waals surface area contributed by atoms with Crippen LogP contribution in [0, 0.1) is 5.92 Å².